The van der Waals surface area contributed by atoms with E-state index in [9.17, 15) is 0 Å². The molecule has 142 valence electrons. The van der Waals surface area contributed by atoms with Crippen LogP contribution in [0.1, 0.15) is 63.0 Å². The highest BCUT2D eigenvalue weighted by atomic mass is 16.7. The van der Waals surface area contributed by atoms with Gasteiger partial charge < -0.3 is 14.2 Å². The first kappa shape index (κ1) is 17.1. The van der Waals surface area contributed by atoms with Crippen LogP contribution in [0.2, 0.25) is 0 Å². The molecule has 3 heteroatoms. The van der Waals surface area contributed by atoms with Crippen molar-refractivity contribution in [3.05, 3.63) is 29.3 Å². The van der Waals surface area contributed by atoms with Crippen molar-refractivity contribution >= 4 is 0 Å². The van der Waals surface area contributed by atoms with Crippen molar-refractivity contribution < 1.29 is 14.2 Å². The number of rotatable bonds is 4. The standard InChI is InChI=1S/C23H32O3/c1-14(24-3)26-23-13-16(23)12-21-20-7-5-15-11-17(25-4)6-8-18(15)19(20)9-10-22(21,23)2/h6,8,11,14,16,19-21H,5,7,9-10,12-13H2,1-4H3/t14?,16-,19+,20+,21-,22-,23-/m0/s1. The number of aryl methyl sites for hydroxylation is 1. The van der Waals surface area contributed by atoms with Crippen LogP contribution in [0.5, 0.6) is 5.75 Å². The zero-order valence-corrected chi connectivity index (χ0v) is 16.6. The molecule has 4 aliphatic rings. The van der Waals surface area contributed by atoms with Gasteiger partial charge in [-0.15, -0.1) is 0 Å². The molecule has 0 radical (unpaired) electrons. The van der Waals surface area contributed by atoms with Crippen molar-refractivity contribution in [2.24, 2.45) is 23.2 Å². The van der Waals surface area contributed by atoms with Crippen LogP contribution in [0.4, 0.5) is 0 Å². The summed E-state index contributed by atoms with van der Waals surface area (Å²) in [5.74, 6) is 4.12. The summed E-state index contributed by atoms with van der Waals surface area (Å²) in [7, 11) is 3.53. The van der Waals surface area contributed by atoms with E-state index < -0.39 is 0 Å². The maximum absolute atomic E-state index is 6.54. The zero-order chi connectivity index (χ0) is 18.1. The van der Waals surface area contributed by atoms with Crippen molar-refractivity contribution in [1.29, 1.82) is 0 Å². The fourth-order valence-corrected chi connectivity index (χ4v) is 7.18. The maximum atomic E-state index is 6.54. The van der Waals surface area contributed by atoms with Crippen molar-refractivity contribution in [3.63, 3.8) is 0 Å². The molecular weight excluding hydrogens is 324 g/mol. The summed E-state index contributed by atoms with van der Waals surface area (Å²) in [5, 5.41) is 0. The van der Waals surface area contributed by atoms with Crippen LogP contribution in [-0.4, -0.2) is 26.1 Å². The Labute approximate surface area is 157 Å². The van der Waals surface area contributed by atoms with Crippen LogP contribution in [0.3, 0.4) is 0 Å². The largest absolute Gasteiger partial charge is 0.497 e. The number of hydrogen-bond donors (Lipinski definition) is 0. The highest BCUT2D eigenvalue weighted by Crippen LogP contribution is 2.76. The number of benzene rings is 1. The number of fused-ring (bicyclic) bond motifs is 7. The van der Waals surface area contributed by atoms with Gasteiger partial charge in [-0.05, 0) is 92.4 Å². The summed E-state index contributed by atoms with van der Waals surface area (Å²) >= 11 is 0. The molecule has 0 aliphatic heterocycles. The van der Waals surface area contributed by atoms with Crippen LogP contribution >= 0.6 is 0 Å². The monoisotopic (exact) mass is 356 g/mol. The Kier molecular flexibility index (Phi) is 3.75. The Morgan fingerprint density at radius 1 is 1.19 bits per heavy atom. The smallest absolute Gasteiger partial charge is 0.155 e. The maximum Gasteiger partial charge on any atom is 0.155 e. The molecule has 4 aliphatic carbocycles. The molecule has 26 heavy (non-hydrogen) atoms. The summed E-state index contributed by atoms with van der Waals surface area (Å²) in [4.78, 5) is 0. The van der Waals surface area contributed by atoms with E-state index in [4.69, 9.17) is 14.2 Å². The molecule has 0 amide bonds. The lowest BCUT2D eigenvalue weighted by Crippen LogP contribution is -2.48. The van der Waals surface area contributed by atoms with E-state index in [0.717, 1.165) is 29.4 Å². The van der Waals surface area contributed by atoms with E-state index in [1.54, 1.807) is 19.8 Å². The molecule has 3 fully saturated rings. The molecule has 0 saturated heterocycles. The van der Waals surface area contributed by atoms with Crippen LogP contribution in [0.15, 0.2) is 18.2 Å². The van der Waals surface area contributed by atoms with Gasteiger partial charge in [0.25, 0.3) is 0 Å². The summed E-state index contributed by atoms with van der Waals surface area (Å²) in [5.41, 5.74) is 3.55. The van der Waals surface area contributed by atoms with Gasteiger partial charge in [-0.25, -0.2) is 0 Å². The summed E-state index contributed by atoms with van der Waals surface area (Å²) in [6.45, 7) is 4.59. The zero-order valence-electron chi connectivity index (χ0n) is 16.6. The molecule has 1 unspecified atom stereocenters. The van der Waals surface area contributed by atoms with Crippen molar-refractivity contribution in [3.8, 4) is 5.75 Å². The molecule has 1 aromatic rings. The van der Waals surface area contributed by atoms with Crippen molar-refractivity contribution in [2.45, 2.75) is 70.2 Å². The van der Waals surface area contributed by atoms with E-state index in [1.165, 1.54) is 44.1 Å². The third kappa shape index (κ3) is 2.13. The minimum atomic E-state index is -0.0900. The van der Waals surface area contributed by atoms with Gasteiger partial charge >= 0.3 is 0 Å². The molecule has 0 bridgehead atoms. The second-order valence-electron chi connectivity index (χ2n) is 9.38. The first-order chi connectivity index (χ1) is 12.5. The van der Waals surface area contributed by atoms with Gasteiger partial charge in [0.15, 0.2) is 6.29 Å². The predicted molar refractivity (Wildman–Crippen MR) is 101 cm³/mol. The van der Waals surface area contributed by atoms with Gasteiger partial charge in [0, 0.05) is 12.5 Å². The Morgan fingerprint density at radius 3 is 2.81 bits per heavy atom. The van der Waals surface area contributed by atoms with Gasteiger partial charge in [-0.3, -0.25) is 0 Å². The molecule has 0 N–H and O–H groups in total. The van der Waals surface area contributed by atoms with Crippen LogP contribution in [0.25, 0.3) is 0 Å². The molecule has 3 nitrogen and oxygen atoms in total. The quantitative estimate of drug-likeness (QED) is 0.716. The molecule has 3 saturated carbocycles. The van der Waals surface area contributed by atoms with E-state index in [0.29, 0.717) is 5.41 Å². The predicted octanol–water partition coefficient (Wildman–Crippen LogP) is 4.93. The third-order valence-corrected chi connectivity index (χ3v) is 8.59. The first-order valence-corrected chi connectivity index (χ1v) is 10.4. The molecule has 0 heterocycles. The van der Waals surface area contributed by atoms with Gasteiger partial charge in [-0.1, -0.05) is 13.0 Å². The Bertz CT molecular complexity index is 715. The van der Waals surface area contributed by atoms with Crippen LogP contribution in [0, 0.1) is 23.2 Å². The average Bonchev–Trinajstić information content (AvgIpc) is 3.30. The van der Waals surface area contributed by atoms with E-state index in [2.05, 4.69) is 32.0 Å². The highest BCUT2D eigenvalue weighted by molar-refractivity contribution is 5.41. The Hall–Kier alpha value is -1.06. The van der Waals surface area contributed by atoms with Gasteiger partial charge in [0.05, 0.1) is 12.7 Å². The van der Waals surface area contributed by atoms with Gasteiger partial charge in [-0.2, -0.15) is 0 Å². The van der Waals surface area contributed by atoms with Crippen molar-refractivity contribution in [1.82, 2.24) is 0 Å². The fourth-order valence-electron chi connectivity index (χ4n) is 7.18. The molecular formula is C23H32O3. The second kappa shape index (κ2) is 5.72. The molecule has 0 spiro atoms. The van der Waals surface area contributed by atoms with E-state index in [-0.39, 0.29) is 11.9 Å². The normalized spacial score (nSPS) is 43.7. The Morgan fingerprint density at radius 2 is 2.04 bits per heavy atom. The van der Waals surface area contributed by atoms with E-state index >= 15 is 0 Å². The lowest BCUT2D eigenvalue weighted by atomic mass is 9.54. The minimum Gasteiger partial charge on any atom is -0.497 e. The first-order valence-electron chi connectivity index (χ1n) is 10.4. The SMILES string of the molecule is COc1ccc2c(c1)CC[C@@H]1[C@@H]2CC[C@@]2(C)[C@H]1C[C@H]1C[C@]12OC(C)OC. The number of methoxy groups -OCH3 is 2. The van der Waals surface area contributed by atoms with Crippen LogP contribution in [-0.2, 0) is 15.9 Å². The van der Waals surface area contributed by atoms with Crippen LogP contribution < -0.4 is 4.74 Å². The Balaban J connectivity index is 1.44. The summed E-state index contributed by atoms with van der Waals surface area (Å²) in [6, 6.07) is 6.78. The lowest BCUT2D eigenvalue weighted by Gasteiger charge is -2.52. The molecule has 5 rings (SSSR count). The van der Waals surface area contributed by atoms with Gasteiger partial charge in [0.2, 0.25) is 0 Å². The highest BCUT2D eigenvalue weighted by Gasteiger charge is 2.75. The minimum absolute atomic E-state index is 0.0900. The second-order valence-corrected chi connectivity index (χ2v) is 9.38. The lowest BCUT2D eigenvalue weighted by molar-refractivity contribution is -0.201. The number of ether oxygens (including phenoxy) is 3. The molecule has 0 aromatic heterocycles. The fraction of sp³-hybridized carbons (Fsp3) is 0.739. The summed E-state index contributed by atoms with van der Waals surface area (Å²) in [6.07, 6.45) is 7.64. The van der Waals surface area contributed by atoms with E-state index in [1.807, 2.05) is 0 Å². The number of hydrogen-bond acceptors (Lipinski definition) is 3. The van der Waals surface area contributed by atoms with Gasteiger partial charge in [0.1, 0.15) is 5.75 Å². The summed E-state index contributed by atoms with van der Waals surface area (Å²) < 4.78 is 17.5. The molecule has 7 atom stereocenters. The topological polar surface area (TPSA) is 27.7 Å². The average molecular weight is 357 g/mol. The molecule has 1 aromatic carbocycles. The van der Waals surface area contributed by atoms with Crippen molar-refractivity contribution in [2.75, 3.05) is 14.2 Å². The third-order valence-electron chi connectivity index (χ3n) is 8.59.